The predicted octanol–water partition coefficient (Wildman–Crippen LogP) is 4.13. The number of carbonyl (C=O) groups excluding carboxylic acids is 1. The Morgan fingerprint density at radius 2 is 1.88 bits per heavy atom. The highest BCUT2D eigenvalue weighted by Gasteiger charge is 2.12. The number of benzene rings is 1. The second-order valence-corrected chi connectivity index (χ2v) is 7.57. The van der Waals surface area contributed by atoms with Gasteiger partial charge >= 0.3 is 0 Å². The molecule has 0 aliphatic rings. The zero-order chi connectivity index (χ0) is 18.3. The van der Waals surface area contributed by atoms with Crippen molar-refractivity contribution in [2.75, 3.05) is 0 Å². The second kappa shape index (κ2) is 6.46. The minimum absolute atomic E-state index is 0.0564. The Kier molecular flexibility index (Phi) is 4.12. The van der Waals surface area contributed by atoms with Gasteiger partial charge in [0.05, 0.1) is 28.2 Å². The molecule has 0 N–H and O–H groups in total. The number of thiazole rings is 1. The van der Waals surface area contributed by atoms with Crippen molar-refractivity contribution in [3.8, 4) is 11.3 Å². The number of carbonyl (C=O) groups is 1. The van der Waals surface area contributed by atoms with E-state index < -0.39 is 0 Å². The third-order valence-corrected chi connectivity index (χ3v) is 5.49. The van der Waals surface area contributed by atoms with Crippen LogP contribution in [0.25, 0.3) is 22.0 Å². The van der Waals surface area contributed by atoms with E-state index in [9.17, 15) is 4.79 Å². The first-order valence-electron chi connectivity index (χ1n) is 8.34. The van der Waals surface area contributed by atoms with Gasteiger partial charge in [-0.2, -0.15) is 0 Å². The lowest BCUT2D eigenvalue weighted by atomic mass is 10.0. The first-order valence-corrected chi connectivity index (χ1v) is 9.16. The molecule has 0 bridgehead atoms. The lowest BCUT2D eigenvalue weighted by molar-refractivity contribution is 0.0995. The molecule has 0 amide bonds. The molecule has 4 rings (SSSR count). The fraction of sp³-hybridized carbons (Fsp3) is 0.200. The summed E-state index contributed by atoms with van der Waals surface area (Å²) in [6.45, 7) is 3.89. The topological polar surface area (TPSA) is 60.7 Å². The molecule has 26 heavy (non-hydrogen) atoms. The maximum atomic E-state index is 12.4. The molecule has 0 saturated carbocycles. The molecule has 3 aromatic heterocycles. The van der Waals surface area contributed by atoms with Crippen molar-refractivity contribution in [3.05, 3.63) is 64.3 Å². The summed E-state index contributed by atoms with van der Waals surface area (Å²) >= 11 is 1.42. The van der Waals surface area contributed by atoms with Crippen molar-refractivity contribution in [2.24, 2.45) is 7.05 Å². The summed E-state index contributed by atoms with van der Waals surface area (Å²) in [4.78, 5) is 26.1. The molecule has 0 fully saturated rings. The van der Waals surface area contributed by atoms with Crippen molar-refractivity contribution in [2.45, 2.75) is 20.3 Å². The summed E-state index contributed by atoms with van der Waals surface area (Å²) in [7, 11) is 2.01. The molecule has 0 saturated heterocycles. The van der Waals surface area contributed by atoms with Gasteiger partial charge in [-0.15, -0.1) is 11.3 Å². The highest BCUT2D eigenvalue weighted by molar-refractivity contribution is 7.13. The molecule has 130 valence electrons. The lowest BCUT2D eigenvalue weighted by Crippen LogP contribution is -2.03. The Morgan fingerprint density at radius 3 is 2.58 bits per heavy atom. The number of hydrogen-bond acceptors (Lipinski definition) is 5. The van der Waals surface area contributed by atoms with Crippen LogP contribution in [0.15, 0.2) is 42.9 Å². The third-order valence-electron chi connectivity index (χ3n) is 4.53. The maximum absolute atomic E-state index is 12.4. The first kappa shape index (κ1) is 16.6. The van der Waals surface area contributed by atoms with Crippen molar-refractivity contribution in [1.29, 1.82) is 0 Å². The summed E-state index contributed by atoms with van der Waals surface area (Å²) < 4.78 is 2.07. The van der Waals surface area contributed by atoms with Crippen molar-refractivity contribution >= 4 is 27.9 Å². The van der Waals surface area contributed by atoms with Gasteiger partial charge in [-0.05, 0) is 31.4 Å². The first-order chi connectivity index (χ1) is 12.5. The average Bonchev–Trinajstić information content (AvgIpc) is 3.21. The Bertz CT molecular complexity index is 1130. The normalized spacial score (nSPS) is 11.2. The molecular formula is C20H18N4OS. The van der Waals surface area contributed by atoms with E-state index >= 15 is 0 Å². The van der Waals surface area contributed by atoms with E-state index in [-0.39, 0.29) is 12.2 Å². The number of aromatic nitrogens is 4. The second-order valence-electron chi connectivity index (χ2n) is 6.33. The number of pyridine rings is 1. The molecule has 0 radical (unpaired) electrons. The van der Waals surface area contributed by atoms with Crippen LogP contribution in [-0.4, -0.2) is 25.3 Å². The van der Waals surface area contributed by atoms with Crippen LogP contribution in [0, 0.1) is 13.8 Å². The smallest absolute Gasteiger partial charge is 0.180 e. The molecule has 0 spiro atoms. The Hall–Kier alpha value is -2.86. The van der Waals surface area contributed by atoms with Crippen molar-refractivity contribution < 1.29 is 4.79 Å². The molecule has 3 heterocycles. The highest BCUT2D eigenvalue weighted by Crippen LogP contribution is 2.25. The highest BCUT2D eigenvalue weighted by atomic mass is 32.1. The molecule has 4 aromatic rings. The van der Waals surface area contributed by atoms with Crippen LogP contribution in [0.1, 0.15) is 26.2 Å². The van der Waals surface area contributed by atoms with Crippen LogP contribution in [0.4, 0.5) is 0 Å². The fourth-order valence-electron chi connectivity index (χ4n) is 2.95. The maximum Gasteiger partial charge on any atom is 0.180 e. The molecule has 6 heteroatoms. The summed E-state index contributed by atoms with van der Waals surface area (Å²) in [5, 5.41) is 3.02. The van der Waals surface area contributed by atoms with Gasteiger partial charge in [0.15, 0.2) is 5.78 Å². The minimum Gasteiger partial charge on any atom is -0.331 e. The summed E-state index contributed by atoms with van der Waals surface area (Å²) in [5.74, 6) is 1.03. The largest absolute Gasteiger partial charge is 0.331 e. The van der Waals surface area contributed by atoms with E-state index in [2.05, 4.69) is 37.7 Å². The number of rotatable bonds is 4. The van der Waals surface area contributed by atoms with Crippen LogP contribution >= 0.6 is 11.3 Å². The lowest BCUT2D eigenvalue weighted by Gasteiger charge is -2.07. The van der Waals surface area contributed by atoms with Gasteiger partial charge in [-0.25, -0.2) is 9.97 Å². The molecular weight excluding hydrogens is 344 g/mol. The summed E-state index contributed by atoms with van der Waals surface area (Å²) in [6.07, 6.45) is 5.64. The monoisotopic (exact) mass is 362 g/mol. The Morgan fingerprint density at radius 1 is 1.04 bits per heavy atom. The van der Waals surface area contributed by atoms with Crippen LogP contribution in [0.2, 0.25) is 0 Å². The number of Topliss-reactive ketones (excluding diaryl/α,β-unsaturated/α-hetero) is 1. The zero-order valence-corrected chi connectivity index (χ0v) is 15.7. The van der Waals surface area contributed by atoms with Gasteiger partial charge in [0.2, 0.25) is 0 Å². The zero-order valence-electron chi connectivity index (χ0n) is 14.9. The van der Waals surface area contributed by atoms with Gasteiger partial charge in [0.25, 0.3) is 0 Å². The number of nitrogens with zero attached hydrogens (tertiary/aromatic N) is 4. The molecule has 0 unspecified atom stereocenters. The summed E-state index contributed by atoms with van der Waals surface area (Å²) in [5.41, 5.74) is 2.94. The van der Waals surface area contributed by atoms with E-state index in [1.807, 2.05) is 39.4 Å². The SMILES string of the molecule is Cc1ncc(C(=O)Cc2cc3cc(-c4cnc(C)n4C)ccc3cn2)s1. The Labute approximate surface area is 155 Å². The predicted molar refractivity (Wildman–Crippen MR) is 104 cm³/mol. The standard InChI is InChI=1S/C20H18N4OS/c1-12-21-10-18(24(12)3)14-4-5-15-9-23-17(7-16(15)6-14)8-19(25)20-11-22-13(2)26-20/h4-7,9-11H,8H2,1-3H3. The molecule has 0 aliphatic carbocycles. The van der Waals surface area contributed by atoms with E-state index in [0.29, 0.717) is 4.88 Å². The van der Waals surface area contributed by atoms with Gasteiger partial charge in [0, 0.05) is 36.1 Å². The summed E-state index contributed by atoms with van der Waals surface area (Å²) in [6, 6.07) is 8.25. The van der Waals surface area contributed by atoms with Crippen LogP contribution in [0.5, 0.6) is 0 Å². The van der Waals surface area contributed by atoms with Gasteiger partial charge in [0.1, 0.15) is 5.82 Å². The van der Waals surface area contributed by atoms with Crippen LogP contribution < -0.4 is 0 Å². The van der Waals surface area contributed by atoms with Gasteiger partial charge < -0.3 is 4.57 Å². The van der Waals surface area contributed by atoms with Gasteiger partial charge in [-0.3, -0.25) is 9.78 Å². The quantitative estimate of drug-likeness (QED) is 0.512. The van der Waals surface area contributed by atoms with Crippen LogP contribution in [0.3, 0.4) is 0 Å². The number of aryl methyl sites for hydroxylation is 2. The van der Waals surface area contributed by atoms with Crippen molar-refractivity contribution in [3.63, 3.8) is 0 Å². The Balaban J connectivity index is 1.67. The van der Waals surface area contributed by atoms with E-state index in [1.54, 1.807) is 6.20 Å². The van der Waals surface area contributed by atoms with E-state index in [1.165, 1.54) is 11.3 Å². The molecule has 5 nitrogen and oxygen atoms in total. The van der Waals surface area contributed by atoms with E-state index in [0.717, 1.165) is 38.6 Å². The number of ketones is 1. The van der Waals surface area contributed by atoms with Gasteiger partial charge in [-0.1, -0.05) is 12.1 Å². The number of hydrogen-bond donors (Lipinski definition) is 0. The van der Waals surface area contributed by atoms with Crippen molar-refractivity contribution in [1.82, 2.24) is 19.5 Å². The minimum atomic E-state index is 0.0564. The fourth-order valence-corrected chi connectivity index (χ4v) is 3.67. The molecule has 1 aromatic carbocycles. The average molecular weight is 362 g/mol. The third kappa shape index (κ3) is 3.04. The number of imidazole rings is 1. The number of fused-ring (bicyclic) bond motifs is 1. The van der Waals surface area contributed by atoms with E-state index in [4.69, 9.17) is 0 Å². The van der Waals surface area contributed by atoms with Crippen LogP contribution in [-0.2, 0) is 13.5 Å². The molecule has 0 aliphatic heterocycles. The molecule has 0 atom stereocenters.